The van der Waals surface area contributed by atoms with Crippen molar-refractivity contribution in [3.05, 3.63) is 56.6 Å². The van der Waals surface area contributed by atoms with Crippen LogP contribution in [0.25, 0.3) is 0 Å². The molecule has 0 saturated carbocycles. The summed E-state index contributed by atoms with van der Waals surface area (Å²) in [5.74, 6) is -0.315. The van der Waals surface area contributed by atoms with Crippen molar-refractivity contribution in [3.8, 4) is 0 Å². The van der Waals surface area contributed by atoms with Gasteiger partial charge in [0, 0.05) is 16.7 Å². The average Bonchev–Trinajstić information content (AvgIpc) is 2.37. The molecule has 2 aromatic heterocycles. The highest BCUT2D eigenvalue weighted by Gasteiger charge is 2.05. The fourth-order valence-electron chi connectivity index (χ4n) is 1.43. The number of pyridine rings is 2. The Hall–Kier alpha value is -1.66. The van der Waals surface area contributed by atoms with E-state index in [1.54, 1.807) is 24.4 Å². The number of carbonyl (C=O) groups excluding carboxylic acids is 1. The van der Waals surface area contributed by atoms with E-state index in [4.69, 9.17) is 11.6 Å². The van der Waals surface area contributed by atoms with Gasteiger partial charge < -0.3 is 9.88 Å². The average molecular weight is 343 g/mol. The van der Waals surface area contributed by atoms with E-state index in [-0.39, 0.29) is 18.0 Å². The predicted octanol–water partition coefficient (Wildman–Crippen LogP) is 2.30. The second-order valence-electron chi connectivity index (χ2n) is 3.73. The largest absolute Gasteiger partial charge is 0.323 e. The summed E-state index contributed by atoms with van der Waals surface area (Å²) in [4.78, 5) is 27.2. The third kappa shape index (κ3) is 3.90. The Morgan fingerprint density at radius 1 is 1.37 bits per heavy atom. The van der Waals surface area contributed by atoms with Crippen molar-refractivity contribution < 1.29 is 4.79 Å². The van der Waals surface area contributed by atoms with Crippen LogP contribution in [0.2, 0.25) is 5.15 Å². The van der Waals surface area contributed by atoms with E-state index in [9.17, 15) is 9.59 Å². The third-order valence-electron chi connectivity index (χ3n) is 2.27. The molecule has 0 aliphatic rings. The predicted molar refractivity (Wildman–Crippen MR) is 76.3 cm³/mol. The Morgan fingerprint density at radius 2 is 2.16 bits per heavy atom. The first-order chi connectivity index (χ1) is 9.04. The van der Waals surface area contributed by atoms with Crippen molar-refractivity contribution in [1.29, 1.82) is 0 Å². The van der Waals surface area contributed by atoms with Crippen molar-refractivity contribution in [3.63, 3.8) is 0 Å². The normalized spacial score (nSPS) is 10.2. The molecule has 0 spiro atoms. The van der Waals surface area contributed by atoms with E-state index in [1.165, 1.54) is 16.8 Å². The third-order valence-corrected chi connectivity index (χ3v) is 2.97. The molecule has 0 fully saturated rings. The SMILES string of the molecule is O=C(Cn1cc(Br)ccc1=O)Nc1ccc(Cl)nc1. The van der Waals surface area contributed by atoms with Crippen LogP contribution in [0.15, 0.2) is 45.9 Å². The fraction of sp³-hybridized carbons (Fsp3) is 0.0833. The second kappa shape index (κ2) is 5.99. The smallest absolute Gasteiger partial charge is 0.251 e. The minimum Gasteiger partial charge on any atom is -0.323 e. The molecule has 0 aliphatic carbocycles. The summed E-state index contributed by atoms with van der Waals surface area (Å²) in [5.41, 5.74) is 0.282. The lowest BCUT2D eigenvalue weighted by Crippen LogP contribution is -2.26. The van der Waals surface area contributed by atoms with Gasteiger partial charge in [0.2, 0.25) is 5.91 Å². The number of rotatable bonds is 3. The molecule has 0 unspecified atom stereocenters. The van der Waals surface area contributed by atoms with Crippen LogP contribution < -0.4 is 10.9 Å². The molecule has 19 heavy (non-hydrogen) atoms. The second-order valence-corrected chi connectivity index (χ2v) is 5.03. The molecule has 0 atom stereocenters. The molecule has 1 N–H and O–H groups in total. The molecule has 0 saturated heterocycles. The van der Waals surface area contributed by atoms with E-state index in [1.807, 2.05) is 0 Å². The number of hydrogen-bond acceptors (Lipinski definition) is 3. The van der Waals surface area contributed by atoms with Crippen molar-refractivity contribution >= 4 is 39.1 Å². The number of aromatic nitrogens is 2. The first kappa shape index (κ1) is 13.8. The van der Waals surface area contributed by atoms with Crippen molar-refractivity contribution in [2.24, 2.45) is 0 Å². The van der Waals surface area contributed by atoms with Crippen LogP contribution >= 0.6 is 27.5 Å². The van der Waals surface area contributed by atoms with E-state index in [0.29, 0.717) is 10.8 Å². The van der Waals surface area contributed by atoms with Crippen LogP contribution in [0.5, 0.6) is 0 Å². The first-order valence-electron chi connectivity index (χ1n) is 5.32. The fourth-order valence-corrected chi connectivity index (χ4v) is 1.92. The highest BCUT2D eigenvalue weighted by atomic mass is 79.9. The van der Waals surface area contributed by atoms with Crippen molar-refractivity contribution in [2.45, 2.75) is 6.54 Å². The lowest BCUT2D eigenvalue weighted by molar-refractivity contribution is -0.116. The van der Waals surface area contributed by atoms with E-state index in [0.717, 1.165) is 4.47 Å². The van der Waals surface area contributed by atoms with Gasteiger partial charge in [-0.2, -0.15) is 0 Å². The number of halogens is 2. The van der Waals surface area contributed by atoms with Crippen LogP contribution in [-0.2, 0) is 11.3 Å². The molecule has 0 aromatic carbocycles. The number of hydrogen-bond donors (Lipinski definition) is 1. The molecule has 7 heteroatoms. The Kier molecular flexibility index (Phi) is 4.34. The summed E-state index contributed by atoms with van der Waals surface area (Å²) in [6, 6.07) is 6.22. The maximum atomic E-state index is 11.8. The van der Waals surface area contributed by atoms with Gasteiger partial charge in [-0.25, -0.2) is 4.98 Å². The standard InChI is InChI=1S/C12H9BrClN3O2/c13-8-1-4-12(19)17(6-8)7-11(18)16-9-2-3-10(14)15-5-9/h1-6H,7H2,(H,16,18). The van der Waals surface area contributed by atoms with Gasteiger partial charge in [-0.3, -0.25) is 9.59 Å². The monoisotopic (exact) mass is 341 g/mol. The molecule has 2 rings (SSSR count). The first-order valence-corrected chi connectivity index (χ1v) is 6.49. The van der Waals surface area contributed by atoms with Gasteiger partial charge in [-0.1, -0.05) is 11.6 Å². The Morgan fingerprint density at radius 3 is 2.84 bits per heavy atom. The molecular formula is C12H9BrClN3O2. The number of amides is 1. The van der Waals surface area contributed by atoms with Crippen LogP contribution in [-0.4, -0.2) is 15.5 Å². The number of anilines is 1. The Balaban J connectivity index is 2.07. The minimum absolute atomic E-state index is 0.0686. The van der Waals surface area contributed by atoms with Gasteiger partial charge in [0.1, 0.15) is 11.7 Å². The molecule has 0 aliphatic heterocycles. The quantitative estimate of drug-likeness (QED) is 0.871. The zero-order valence-corrected chi connectivity index (χ0v) is 12.0. The van der Waals surface area contributed by atoms with Crippen LogP contribution in [0.3, 0.4) is 0 Å². The maximum Gasteiger partial charge on any atom is 0.251 e. The number of nitrogens with one attached hydrogen (secondary N) is 1. The zero-order chi connectivity index (χ0) is 13.8. The van der Waals surface area contributed by atoms with Gasteiger partial charge in [0.15, 0.2) is 0 Å². The molecule has 2 aromatic rings. The summed E-state index contributed by atoms with van der Waals surface area (Å²) >= 11 is 8.89. The molecule has 0 bridgehead atoms. The minimum atomic E-state index is -0.315. The van der Waals surface area contributed by atoms with Gasteiger partial charge >= 0.3 is 0 Å². The number of nitrogens with zero attached hydrogens (tertiary/aromatic N) is 2. The summed E-state index contributed by atoms with van der Waals surface area (Å²) in [6.07, 6.45) is 3.01. The molecule has 5 nitrogen and oxygen atoms in total. The van der Waals surface area contributed by atoms with Gasteiger partial charge in [0.25, 0.3) is 5.56 Å². The zero-order valence-electron chi connectivity index (χ0n) is 9.64. The lowest BCUT2D eigenvalue weighted by Gasteiger charge is -2.07. The molecule has 0 radical (unpaired) electrons. The Labute approximate surface area is 122 Å². The van der Waals surface area contributed by atoms with E-state index < -0.39 is 0 Å². The van der Waals surface area contributed by atoms with E-state index in [2.05, 4.69) is 26.2 Å². The highest BCUT2D eigenvalue weighted by molar-refractivity contribution is 9.10. The van der Waals surface area contributed by atoms with Gasteiger partial charge in [-0.05, 0) is 34.1 Å². The molecule has 1 amide bonds. The molecule has 98 valence electrons. The molecular weight excluding hydrogens is 334 g/mol. The number of carbonyl (C=O) groups is 1. The summed E-state index contributed by atoms with van der Waals surface area (Å²) < 4.78 is 2.04. The maximum absolute atomic E-state index is 11.8. The summed E-state index contributed by atoms with van der Waals surface area (Å²) in [6.45, 7) is -0.0686. The van der Waals surface area contributed by atoms with Crippen molar-refractivity contribution in [2.75, 3.05) is 5.32 Å². The van der Waals surface area contributed by atoms with Crippen LogP contribution in [0.4, 0.5) is 5.69 Å². The van der Waals surface area contributed by atoms with Gasteiger partial charge in [0.05, 0.1) is 11.9 Å². The highest BCUT2D eigenvalue weighted by Crippen LogP contribution is 2.10. The van der Waals surface area contributed by atoms with Crippen LogP contribution in [0.1, 0.15) is 0 Å². The lowest BCUT2D eigenvalue weighted by atomic mass is 10.4. The Bertz CT molecular complexity index is 655. The summed E-state index contributed by atoms with van der Waals surface area (Å²) in [7, 11) is 0. The topological polar surface area (TPSA) is 64.0 Å². The van der Waals surface area contributed by atoms with E-state index >= 15 is 0 Å². The van der Waals surface area contributed by atoms with Crippen molar-refractivity contribution in [1.82, 2.24) is 9.55 Å². The summed E-state index contributed by atoms with van der Waals surface area (Å²) in [5, 5.41) is 2.98. The molecule has 2 heterocycles. The van der Waals surface area contributed by atoms with Crippen LogP contribution in [0, 0.1) is 0 Å². The van der Waals surface area contributed by atoms with Gasteiger partial charge in [-0.15, -0.1) is 0 Å².